The highest BCUT2D eigenvalue weighted by Crippen LogP contribution is 2.32. The summed E-state index contributed by atoms with van der Waals surface area (Å²) in [6.45, 7) is 0. The molecule has 1 aliphatic heterocycles. The molecule has 0 saturated carbocycles. The fourth-order valence-electron chi connectivity index (χ4n) is 3.26. The minimum Gasteiger partial charge on any atom is -0.457 e. The van der Waals surface area contributed by atoms with Crippen molar-refractivity contribution in [3.63, 3.8) is 0 Å². The van der Waals surface area contributed by atoms with Crippen LogP contribution in [0.25, 0.3) is 5.57 Å². The predicted octanol–water partition coefficient (Wildman–Crippen LogP) is 4.61. The number of allylic oxidation sites excluding steroid dienone is 4. The first kappa shape index (κ1) is 16.8. The van der Waals surface area contributed by atoms with E-state index in [4.69, 9.17) is 4.74 Å². The molecule has 0 aromatic heterocycles. The highest BCUT2D eigenvalue weighted by molar-refractivity contribution is 7.90. The summed E-state index contributed by atoms with van der Waals surface area (Å²) in [7, 11) is -3.36. The van der Waals surface area contributed by atoms with Crippen molar-refractivity contribution in [2.75, 3.05) is 5.75 Å². The lowest BCUT2D eigenvalue weighted by atomic mass is 9.89. The predicted molar refractivity (Wildman–Crippen MR) is 104 cm³/mol. The molecule has 2 aliphatic rings. The van der Waals surface area contributed by atoms with Gasteiger partial charge in [0.2, 0.25) is 0 Å². The van der Waals surface area contributed by atoms with Gasteiger partial charge in [0.15, 0.2) is 0 Å². The van der Waals surface area contributed by atoms with Gasteiger partial charge in [-0.1, -0.05) is 48.6 Å². The molecule has 1 heterocycles. The van der Waals surface area contributed by atoms with E-state index in [1.807, 2.05) is 66.7 Å². The molecule has 0 spiro atoms. The Morgan fingerprint density at radius 3 is 2.46 bits per heavy atom. The van der Waals surface area contributed by atoms with Crippen LogP contribution in [0.1, 0.15) is 18.4 Å². The molecule has 0 bridgehead atoms. The van der Waals surface area contributed by atoms with Gasteiger partial charge >= 0.3 is 0 Å². The maximum absolute atomic E-state index is 12.0. The lowest BCUT2D eigenvalue weighted by molar-refractivity contribution is 0.482. The molecule has 132 valence electrons. The van der Waals surface area contributed by atoms with E-state index in [0.29, 0.717) is 12.1 Å². The zero-order chi connectivity index (χ0) is 18.0. The first-order valence-electron chi connectivity index (χ1n) is 8.64. The van der Waals surface area contributed by atoms with E-state index >= 15 is 0 Å². The summed E-state index contributed by atoms with van der Waals surface area (Å²) in [5.74, 6) is 1.80. The smallest absolute Gasteiger partial charge is 0.253 e. The molecule has 5 heteroatoms. The van der Waals surface area contributed by atoms with Crippen molar-refractivity contribution in [1.29, 1.82) is 0 Å². The van der Waals surface area contributed by atoms with Crippen molar-refractivity contribution in [1.82, 2.24) is 0 Å². The molecule has 1 unspecified atom stereocenters. The zero-order valence-corrected chi connectivity index (χ0v) is 15.0. The number of rotatable bonds is 3. The number of benzene rings is 2. The van der Waals surface area contributed by atoms with Crippen LogP contribution in [0.15, 0.2) is 77.2 Å². The number of fused-ring (bicyclic) bond motifs is 1. The van der Waals surface area contributed by atoms with Crippen molar-refractivity contribution in [2.24, 2.45) is 10.3 Å². The summed E-state index contributed by atoms with van der Waals surface area (Å²) in [4.78, 5) is 0. The van der Waals surface area contributed by atoms with Gasteiger partial charge in [0, 0.05) is 11.5 Å². The molecule has 1 atom stereocenters. The molecular weight excluding hydrogens is 346 g/mol. The topological polar surface area (TPSA) is 55.7 Å². The Morgan fingerprint density at radius 2 is 1.69 bits per heavy atom. The highest BCUT2D eigenvalue weighted by atomic mass is 32.2. The molecule has 0 saturated heterocycles. The number of sulfonamides is 1. The summed E-state index contributed by atoms with van der Waals surface area (Å²) in [5.41, 5.74) is 2.49. The second-order valence-corrected chi connectivity index (χ2v) is 8.19. The Kier molecular flexibility index (Phi) is 4.47. The van der Waals surface area contributed by atoms with E-state index in [1.165, 1.54) is 0 Å². The summed E-state index contributed by atoms with van der Waals surface area (Å²) >= 11 is 0. The third kappa shape index (κ3) is 3.63. The second-order valence-electron chi connectivity index (χ2n) is 6.43. The van der Waals surface area contributed by atoms with Crippen molar-refractivity contribution >= 4 is 21.3 Å². The van der Waals surface area contributed by atoms with Gasteiger partial charge in [0.1, 0.15) is 11.5 Å². The van der Waals surface area contributed by atoms with E-state index in [1.54, 1.807) is 0 Å². The molecule has 0 fully saturated rings. The van der Waals surface area contributed by atoms with Gasteiger partial charge in [-0.05, 0) is 42.7 Å². The summed E-state index contributed by atoms with van der Waals surface area (Å²) < 4.78 is 33.9. The molecule has 4 nitrogen and oxygen atoms in total. The van der Waals surface area contributed by atoms with Crippen LogP contribution in [-0.2, 0) is 10.0 Å². The van der Waals surface area contributed by atoms with Crippen molar-refractivity contribution in [3.05, 3.63) is 78.4 Å². The van der Waals surface area contributed by atoms with Crippen molar-refractivity contribution < 1.29 is 13.2 Å². The quantitative estimate of drug-likeness (QED) is 0.798. The SMILES string of the molecule is O=S1(=O)CCC2CC=CC=C(c3ccc(Oc4ccccc4)cc3)C2=N1. The fraction of sp³-hybridized carbons (Fsp3) is 0.190. The van der Waals surface area contributed by atoms with Gasteiger partial charge in [-0.2, -0.15) is 4.40 Å². The Bertz CT molecular complexity index is 987. The van der Waals surface area contributed by atoms with Crippen LogP contribution in [0.3, 0.4) is 0 Å². The molecule has 0 N–H and O–H groups in total. The lowest BCUT2D eigenvalue weighted by Gasteiger charge is -2.23. The number of hydrogen-bond acceptors (Lipinski definition) is 3. The van der Waals surface area contributed by atoms with Crippen LogP contribution in [0.2, 0.25) is 0 Å². The van der Waals surface area contributed by atoms with E-state index in [0.717, 1.165) is 29.1 Å². The van der Waals surface area contributed by atoms with Gasteiger partial charge in [0.25, 0.3) is 10.0 Å². The third-order valence-electron chi connectivity index (χ3n) is 4.59. The maximum Gasteiger partial charge on any atom is 0.253 e. The summed E-state index contributed by atoms with van der Waals surface area (Å²) in [5, 5.41) is 0. The summed E-state index contributed by atoms with van der Waals surface area (Å²) in [6.07, 6.45) is 7.46. The molecule has 0 radical (unpaired) electrons. The first-order chi connectivity index (χ1) is 12.6. The van der Waals surface area contributed by atoms with E-state index in [-0.39, 0.29) is 11.7 Å². The van der Waals surface area contributed by atoms with Crippen LogP contribution < -0.4 is 4.74 Å². The fourth-order valence-corrected chi connectivity index (χ4v) is 4.48. The molecule has 2 aromatic carbocycles. The minimum absolute atomic E-state index is 0.131. The molecular formula is C21H19NO3S. The highest BCUT2D eigenvalue weighted by Gasteiger charge is 2.29. The molecule has 2 aromatic rings. The van der Waals surface area contributed by atoms with E-state index < -0.39 is 10.0 Å². The van der Waals surface area contributed by atoms with Crippen LogP contribution in [0.4, 0.5) is 0 Å². The Morgan fingerprint density at radius 1 is 0.962 bits per heavy atom. The molecule has 26 heavy (non-hydrogen) atoms. The summed E-state index contributed by atoms with van der Waals surface area (Å²) in [6, 6.07) is 17.3. The van der Waals surface area contributed by atoms with Gasteiger partial charge in [-0.25, -0.2) is 8.42 Å². The monoisotopic (exact) mass is 365 g/mol. The van der Waals surface area contributed by atoms with E-state index in [2.05, 4.69) is 10.5 Å². The largest absolute Gasteiger partial charge is 0.457 e. The molecule has 4 rings (SSSR count). The van der Waals surface area contributed by atoms with Crippen LogP contribution in [0, 0.1) is 5.92 Å². The normalized spacial score (nSPS) is 21.2. The third-order valence-corrected chi connectivity index (χ3v) is 5.81. The van der Waals surface area contributed by atoms with Crippen LogP contribution in [-0.4, -0.2) is 19.9 Å². The first-order valence-corrected chi connectivity index (χ1v) is 10.2. The van der Waals surface area contributed by atoms with Crippen LogP contribution >= 0.6 is 0 Å². The Balaban J connectivity index is 1.64. The zero-order valence-electron chi connectivity index (χ0n) is 14.2. The number of ether oxygens (including phenoxy) is 1. The number of nitrogens with zero attached hydrogens (tertiary/aromatic N) is 1. The molecule has 0 amide bonds. The van der Waals surface area contributed by atoms with Crippen LogP contribution in [0.5, 0.6) is 11.5 Å². The van der Waals surface area contributed by atoms with Gasteiger partial charge in [0.05, 0.1) is 11.5 Å². The number of para-hydroxylation sites is 1. The standard InChI is InChI=1S/C21H19NO3S/c23-26(24)15-14-17-6-4-5-9-20(21(17)22-26)16-10-12-19(13-11-16)25-18-7-2-1-3-8-18/h1-5,7-13,17H,6,14-15H2. The molecule has 1 aliphatic carbocycles. The maximum atomic E-state index is 12.0. The van der Waals surface area contributed by atoms with Gasteiger partial charge in [-0.15, -0.1) is 0 Å². The second kappa shape index (κ2) is 6.92. The van der Waals surface area contributed by atoms with E-state index in [9.17, 15) is 8.42 Å². The average molecular weight is 365 g/mol. The number of hydrogen-bond donors (Lipinski definition) is 0. The van der Waals surface area contributed by atoms with Crippen molar-refractivity contribution in [3.8, 4) is 11.5 Å². The minimum atomic E-state index is -3.36. The Labute approximate surface area is 153 Å². The lowest BCUT2D eigenvalue weighted by Crippen LogP contribution is -2.25. The average Bonchev–Trinajstić information content (AvgIpc) is 2.84. The Hall–Kier alpha value is -2.66. The van der Waals surface area contributed by atoms with Gasteiger partial charge in [-0.3, -0.25) is 0 Å². The van der Waals surface area contributed by atoms with Gasteiger partial charge < -0.3 is 4.74 Å². The van der Waals surface area contributed by atoms with Crippen molar-refractivity contribution in [2.45, 2.75) is 12.8 Å².